The standard InChI is InChI=1S/C18H23N3O3/c1-11-7-8-12-13(6-5-9-23-14(12)10-11)19-15(22)16-20-21-17(24-16)18(2,3)4/h7-8,10,13H,5-6,9H2,1-4H3,(H,19,22). The smallest absolute Gasteiger partial charge is 0.309 e. The first-order valence-corrected chi connectivity index (χ1v) is 8.23. The Bertz CT molecular complexity index is 746. The van der Waals surface area contributed by atoms with Gasteiger partial charge in [-0.3, -0.25) is 4.79 Å². The number of fused-ring (bicyclic) bond motifs is 1. The average Bonchev–Trinajstić information content (AvgIpc) is 2.93. The predicted octanol–water partition coefficient (Wildman–Crippen LogP) is 3.32. The molecule has 0 fully saturated rings. The third kappa shape index (κ3) is 3.42. The van der Waals surface area contributed by atoms with Crippen LogP contribution < -0.4 is 10.1 Å². The normalized spacial score (nSPS) is 17.6. The van der Waals surface area contributed by atoms with Gasteiger partial charge in [-0.1, -0.05) is 32.9 Å². The van der Waals surface area contributed by atoms with Crippen molar-refractivity contribution in [2.45, 2.75) is 52.0 Å². The molecule has 2 aromatic rings. The van der Waals surface area contributed by atoms with E-state index in [9.17, 15) is 4.79 Å². The van der Waals surface area contributed by atoms with Crippen molar-refractivity contribution in [3.05, 3.63) is 41.1 Å². The maximum atomic E-state index is 12.5. The fourth-order valence-corrected chi connectivity index (χ4v) is 2.67. The summed E-state index contributed by atoms with van der Waals surface area (Å²) in [6, 6.07) is 5.91. The summed E-state index contributed by atoms with van der Waals surface area (Å²) in [5, 5.41) is 10.9. The fraction of sp³-hybridized carbons (Fsp3) is 0.500. The van der Waals surface area contributed by atoms with E-state index in [0.29, 0.717) is 12.5 Å². The molecule has 6 nitrogen and oxygen atoms in total. The number of ether oxygens (including phenoxy) is 1. The van der Waals surface area contributed by atoms with E-state index in [-0.39, 0.29) is 23.3 Å². The van der Waals surface area contributed by atoms with Gasteiger partial charge in [0.05, 0.1) is 12.6 Å². The number of benzene rings is 1. The molecule has 6 heteroatoms. The highest BCUT2D eigenvalue weighted by Gasteiger charge is 2.27. The molecule has 0 aliphatic carbocycles. The van der Waals surface area contributed by atoms with Gasteiger partial charge in [0.1, 0.15) is 5.75 Å². The quantitative estimate of drug-likeness (QED) is 0.914. The van der Waals surface area contributed by atoms with Crippen molar-refractivity contribution < 1.29 is 13.9 Å². The van der Waals surface area contributed by atoms with Crippen molar-refractivity contribution in [1.82, 2.24) is 15.5 Å². The lowest BCUT2D eigenvalue weighted by atomic mass is 9.97. The Balaban J connectivity index is 1.81. The van der Waals surface area contributed by atoms with Crippen molar-refractivity contribution in [3.8, 4) is 5.75 Å². The molecule has 1 amide bonds. The van der Waals surface area contributed by atoms with Gasteiger partial charge in [-0.2, -0.15) is 0 Å². The number of carbonyl (C=O) groups is 1. The van der Waals surface area contributed by atoms with Gasteiger partial charge < -0.3 is 14.5 Å². The van der Waals surface area contributed by atoms with E-state index in [1.165, 1.54) is 0 Å². The van der Waals surface area contributed by atoms with E-state index >= 15 is 0 Å². The summed E-state index contributed by atoms with van der Waals surface area (Å²) >= 11 is 0. The summed E-state index contributed by atoms with van der Waals surface area (Å²) in [6.07, 6.45) is 1.68. The third-order valence-electron chi connectivity index (χ3n) is 4.01. The van der Waals surface area contributed by atoms with E-state index in [4.69, 9.17) is 9.15 Å². The molecular formula is C18H23N3O3. The number of nitrogens with one attached hydrogen (secondary N) is 1. The molecule has 1 aromatic carbocycles. The first-order valence-electron chi connectivity index (χ1n) is 8.23. The monoisotopic (exact) mass is 329 g/mol. The summed E-state index contributed by atoms with van der Waals surface area (Å²) in [7, 11) is 0. The van der Waals surface area contributed by atoms with Crippen molar-refractivity contribution in [1.29, 1.82) is 0 Å². The first kappa shape index (κ1) is 16.5. The van der Waals surface area contributed by atoms with Gasteiger partial charge in [0.2, 0.25) is 5.89 Å². The lowest BCUT2D eigenvalue weighted by Crippen LogP contribution is -2.28. The van der Waals surface area contributed by atoms with Gasteiger partial charge in [-0.15, -0.1) is 10.2 Å². The van der Waals surface area contributed by atoms with Crippen LogP contribution in [0.1, 0.15) is 67.4 Å². The molecule has 0 saturated heterocycles. The zero-order valence-electron chi connectivity index (χ0n) is 14.5. The molecule has 1 atom stereocenters. The summed E-state index contributed by atoms with van der Waals surface area (Å²) in [5.74, 6) is 0.932. The van der Waals surface area contributed by atoms with Gasteiger partial charge in [-0.05, 0) is 31.4 Å². The molecule has 24 heavy (non-hydrogen) atoms. The minimum atomic E-state index is -0.351. The number of hydrogen-bond acceptors (Lipinski definition) is 5. The van der Waals surface area contributed by atoms with Crippen LogP contribution in [0, 0.1) is 6.92 Å². The average molecular weight is 329 g/mol. The molecule has 1 aliphatic heterocycles. The van der Waals surface area contributed by atoms with E-state index in [1.54, 1.807) is 0 Å². The first-order chi connectivity index (χ1) is 11.3. The molecule has 0 spiro atoms. The number of aryl methyl sites for hydroxylation is 1. The second-order valence-corrected chi connectivity index (χ2v) is 7.22. The number of amides is 1. The Morgan fingerprint density at radius 3 is 2.79 bits per heavy atom. The predicted molar refractivity (Wildman–Crippen MR) is 89.1 cm³/mol. The highest BCUT2D eigenvalue weighted by atomic mass is 16.5. The van der Waals surface area contributed by atoms with Crippen LogP contribution in [0.25, 0.3) is 0 Å². The second-order valence-electron chi connectivity index (χ2n) is 7.22. The number of carbonyl (C=O) groups excluding carboxylic acids is 1. The van der Waals surface area contributed by atoms with Crippen LogP contribution in [0.3, 0.4) is 0 Å². The second kappa shape index (κ2) is 6.26. The van der Waals surface area contributed by atoms with E-state index < -0.39 is 0 Å². The molecule has 2 heterocycles. The van der Waals surface area contributed by atoms with Crippen LogP contribution >= 0.6 is 0 Å². The minimum Gasteiger partial charge on any atom is -0.493 e. The van der Waals surface area contributed by atoms with Crippen molar-refractivity contribution in [3.63, 3.8) is 0 Å². The molecule has 0 bridgehead atoms. The van der Waals surface area contributed by atoms with Crippen LogP contribution in [0.4, 0.5) is 0 Å². The van der Waals surface area contributed by atoms with Crippen molar-refractivity contribution in [2.24, 2.45) is 0 Å². The zero-order chi connectivity index (χ0) is 17.3. The maximum Gasteiger partial charge on any atom is 0.309 e. The SMILES string of the molecule is Cc1ccc2c(c1)OCCCC2NC(=O)c1nnc(C(C)(C)C)o1. The molecule has 3 rings (SSSR count). The molecular weight excluding hydrogens is 306 g/mol. The summed E-state index contributed by atoms with van der Waals surface area (Å²) in [5.41, 5.74) is 1.83. The van der Waals surface area contributed by atoms with Crippen LogP contribution in [-0.4, -0.2) is 22.7 Å². The third-order valence-corrected chi connectivity index (χ3v) is 4.01. The topological polar surface area (TPSA) is 77.2 Å². The number of rotatable bonds is 2. The Morgan fingerprint density at radius 2 is 2.08 bits per heavy atom. The van der Waals surface area contributed by atoms with E-state index in [1.807, 2.05) is 45.9 Å². The van der Waals surface area contributed by atoms with E-state index in [2.05, 4.69) is 15.5 Å². The summed E-state index contributed by atoms with van der Waals surface area (Å²) < 4.78 is 11.3. The van der Waals surface area contributed by atoms with Gasteiger partial charge in [0.25, 0.3) is 0 Å². The van der Waals surface area contributed by atoms with Gasteiger partial charge in [-0.25, -0.2) is 0 Å². The summed E-state index contributed by atoms with van der Waals surface area (Å²) in [4.78, 5) is 12.5. The summed E-state index contributed by atoms with van der Waals surface area (Å²) in [6.45, 7) is 8.56. The number of nitrogens with zero attached hydrogens (tertiary/aromatic N) is 2. The molecule has 0 saturated carbocycles. The Morgan fingerprint density at radius 1 is 1.29 bits per heavy atom. The van der Waals surface area contributed by atoms with Crippen molar-refractivity contribution >= 4 is 5.91 Å². The Kier molecular flexibility index (Phi) is 4.30. The zero-order valence-corrected chi connectivity index (χ0v) is 14.5. The van der Waals surface area contributed by atoms with Gasteiger partial charge >= 0.3 is 11.8 Å². The van der Waals surface area contributed by atoms with Gasteiger partial charge in [0, 0.05) is 11.0 Å². The van der Waals surface area contributed by atoms with E-state index in [0.717, 1.165) is 29.7 Å². The van der Waals surface area contributed by atoms with Crippen LogP contribution in [-0.2, 0) is 5.41 Å². The maximum absolute atomic E-state index is 12.5. The highest BCUT2D eigenvalue weighted by molar-refractivity contribution is 5.89. The van der Waals surface area contributed by atoms with Gasteiger partial charge in [0.15, 0.2) is 0 Å². The van der Waals surface area contributed by atoms with Crippen LogP contribution in [0.5, 0.6) is 5.75 Å². The Hall–Kier alpha value is -2.37. The molecule has 128 valence electrons. The lowest BCUT2D eigenvalue weighted by Gasteiger charge is -2.17. The minimum absolute atomic E-state index is 0.00116. The highest BCUT2D eigenvalue weighted by Crippen LogP contribution is 2.32. The fourth-order valence-electron chi connectivity index (χ4n) is 2.67. The van der Waals surface area contributed by atoms with Crippen LogP contribution in [0.2, 0.25) is 0 Å². The number of aromatic nitrogens is 2. The largest absolute Gasteiger partial charge is 0.493 e. The number of hydrogen-bond donors (Lipinski definition) is 1. The van der Waals surface area contributed by atoms with Crippen molar-refractivity contribution in [2.75, 3.05) is 6.61 Å². The molecule has 1 aliphatic rings. The van der Waals surface area contributed by atoms with Crippen LogP contribution in [0.15, 0.2) is 22.6 Å². The Labute approximate surface area is 141 Å². The molecule has 0 radical (unpaired) electrons. The molecule has 1 N–H and O–H groups in total. The lowest BCUT2D eigenvalue weighted by molar-refractivity contribution is 0.0896. The molecule has 1 unspecified atom stereocenters. The molecule has 1 aromatic heterocycles.